The Hall–Kier alpha value is -1.40. The van der Waals surface area contributed by atoms with Crippen LogP contribution in [-0.4, -0.2) is 30.7 Å². The predicted octanol–water partition coefficient (Wildman–Crippen LogP) is 2.50. The highest BCUT2D eigenvalue weighted by Crippen LogP contribution is 2.16. The van der Waals surface area contributed by atoms with Crippen LogP contribution in [0.15, 0.2) is 28.7 Å². The summed E-state index contributed by atoms with van der Waals surface area (Å²) < 4.78 is 11.2. The Morgan fingerprint density at radius 3 is 2.70 bits per heavy atom. The molecule has 6 heteroatoms. The lowest BCUT2D eigenvalue weighted by molar-refractivity contribution is -0.162. The van der Waals surface area contributed by atoms with Crippen molar-refractivity contribution in [3.05, 3.63) is 28.7 Å². The van der Waals surface area contributed by atoms with Gasteiger partial charge in [-0.3, -0.25) is 4.79 Å². The molecule has 1 aliphatic heterocycles. The molecule has 1 aromatic rings. The molecule has 1 N–H and O–H groups in total. The second kappa shape index (κ2) is 6.85. The molecule has 0 saturated carbocycles. The number of rotatable bonds is 4. The van der Waals surface area contributed by atoms with Crippen molar-refractivity contribution in [2.45, 2.75) is 32.0 Å². The Labute approximate surface area is 125 Å². The standard InChI is InChI=1S/C14H16BrNO4/c1-9(20-14(18)12-3-2-8-19-12)13(17)16-11-6-4-10(15)5-7-11/h4-7,9,12H,2-3,8H2,1H3,(H,16,17)/t9-,12-/m1/s1. The van der Waals surface area contributed by atoms with Gasteiger partial charge in [0, 0.05) is 16.8 Å². The normalized spacial score (nSPS) is 19.4. The molecule has 2 atom stereocenters. The molecular weight excluding hydrogens is 326 g/mol. The van der Waals surface area contributed by atoms with E-state index < -0.39 is 18.2 Å². The molecular formula is C14H16BrNO4. The van der Waals surface area contributed by atoms with Crippen molar-refractivity contribution in [1.82, 2.24) is 0 Å². The third-order valence-electron chi connectivity index (χ3n) is 2.97. The minimum absolute atomic E-state index is 0.362. The minimum Gasteiger partial charge on any atom is -0.451 e. The molecule has 0 unspecified atom stereocenters. The van der Waals surface area contributed by atoms with Gasteiger partial charge in [-0.1, -0.05) is 15.9 Å². The first-order valence-electron chi connectivity index (χ1n) is 6.45. The van der Waals surface area contributed by atoms with Gasteiger partial charge in [0.05, 0.1) is 0 Å². The van der Waals surface area contributed by atoms with E-state index in [1.54, 1.807) is 19.1 Å². The van der Waals surface area contributed by atoms with Crippen LogP contribution in [0.5, 0.6) is 0 Å². The van der Waals surface area contributed by atoms with E-state index in [0.29, 0.717) is 18.7 Å². The first-order chi connectivity index (χ1) is 9.56. The van der Waals surface area contributed by atoms with Gasteiger partial charge in [-0.2, -0.15) is 0 Å². The number of esters is 1. The number of amides is 1. The molecule has 0 aromatic heterocycles. The highest BCUT2D eigenvalue weighted by atomic mass is 79.9. The topological polar surface area (TPSA) is 64.6 Å². The zero-order valence-corrected chi connectivity index (χ0v) is 12.7. The number of benzene rings is 1. The van der Waals surface area contributed by atoms with E-state index in [9.17, 15) is 9.59 Å². The number of anilines is 1. The first-order valence-corrected chi connectivity index (χ1v) is 7.24. The Balaban J connectivity index is 1.85. The SMILES string of the molecule is C[C@@H](OC(=O)[C@H]1CCCO1)C(=O)Nc1ccc(Br)cc1. The van der Waals surface area contributed by atoms with Gasteiger partial charge in [0.2, 0.25) is 0 Å². The molecule has 0 aliphatic carbocycles. The molecule has 108 valence electrons. The zero-order chi connectivity index (χ0) is 14.5. The lowest BCUT2D eigenvalue weighted by atomic mass is 10.2. The molecule has 0 radical (unpaired) electrons. The monoisotopic (exact) mass is 341 g/mol. The van der Waals surface area contributed by atoms with Crippen molar-refractivity contribution in [3.63, 3.8) is 0 Å². The van der Waals surface area contributed by atoms with Gasteiger partial charge >= 0.3 is 5.97 Å². The number of hydrogen-bond donors (Lipinski definition) is 1. The number of halogens is 1. The fraction of sp³-hybridized carbons (Fsp3) is 0.429. The van der Waals surface area contributed by atoms with Crippen LogP contribution in [0, 0.1) is 0 Å². The van der Waals surface area contributed by atoms with Gasteiger partial charge in [0.15, 0.2) is 12.2 Å². The molecule has 0 bridgehead atoms. The molecule has 2 rings (SSSR count). The van der Waals surface area contributed by atoms with E-state index in [1.165, 1.54) is 0 Å². The fourth-order valence-corrected chi connectivity index (χ4v) is 2.11. The van der Waals surface area contributed by atoms with Gasteiger partial charge < -0.3 is 14.8 Å². The van der Waals surface area contributed by atoms with Gasteiger partial charge in [0.1, 0.15) is 0 Å². The summed E-state index contributed by atoms with van der Waals surface area (Å²) in [6.45, 7) is 2.11. The van der Waals surface area contributed by atoms with E-state index in [4.69, 9.17) is 9.47 Å². The highest BCUT2D eigenvalue weighted by Gasteiger charge is 2.28. The van der Waals surface area contributed by atoms with Crippen LogP contribution in [0.25, 0.3) is 0 Å². The van der Waals surface area contributed by atoms with Crippen molar-refractivity contribution in [3.8, 4) is 0 Å². The van der Waals surface area contributed by atoms with E-state index in [-0.39, 0.29) is 5.91 Å². The summed E-state index contributed by atoms with van der Waals surface area (Å²) in [6, 6.07) is 7.16. The van der Waals surface area contributed by atoms with Crippen molar-refractivity contribution in [1.29, 1.82) is 0 Å². The highest BCUT2D eigenvalue weighted by molar-refractivity contribution is 9.10. The molecule has 1 fully saturated rings. The number of nitrogens with one attached hydrogen (secondary N) is 1. The van der Waals surface area contributed by atoms with Gasteiger partial charge in [-0.15, -0.1) is 0 Å². The van der Waals surface area contributed by atoms with Crippen LogP contribution >= 0.6 is 15.9 Å². The number of hydrogen-bond acceptors (Lipinski definition) is 4. The van der Waals surface area contributed by atoms with Crippen LogP contribution in [0.4, 0.5) is 5.69 Å². The summed E-state index contributed by atoms with van der Waals surface area (Å²) >= 11 is 3.32. The minimum atomic E-state index is -0.852. The van der Waals surface area contributed by atoms with Crippen molar-refractivity contribution < 1.29 is 19.1 Å². The fourth-order valence-electron chi connectivity index (χ4n) is 1.84. The number of carbonyl (C=O) groups is 2. The lowest BCUT2D eigenvalue weighted by Crippen LogP contribution is -2.33. The average molecular weight is 342 g/mol. The van der Waals surface area contributed by atoms with Crippen molar-refractivity contribution in [2.24, 2.45) is 0 Å². The zero-order valence-electron chi connectivity index (χ0n) is 11.1. The molecule has 1 amide bonds. The average Bonchev–Trinajstić information content (AvgIpc) is 2.95. The number of carbonyl (C=O) groups excluding carboxylic acids is 2. The predicted molar refractivity (Wildman–Crippen MR) is 77.3 cm³/mol. The second-order valence-corrected chi connectivity index (χ2v) is 5.49. The van der Waals surface area contributed by atoms with E-state index in [1.807, 2.05) is 12.1 Å². The Kier molecular flexibility index (Phi) is 5.14. The maximum Gasteiger partial charge on any atom is 0.336 e. The molecule has 5 nitrogen and oxygen atoms in total. The van der Waals surface area contributed by atoms with Crippen LogP contribution in [-0.2, 0) is 19.1 Å². The smallest absolute Gasteiger partial charge is 0.336 e. The first kappa shape index (κ1) is 15.0. The summed E-state index contributed by atoms with van der Waals surface area (Å²) in [4.78, 5) is 23.6. The molecule has 1 aliphatic rings. The summed E-state index contributed by atoms with van der Waals surface area (Å²) in [7, 11) is 0. The molecule has 20 heavy (non-hydrogen) atoms. The summed E-state index contributed by atoms with van der Waals surface area (Å²) in [5, 5.41) is 2.69. The van der Waals surface area contributed by atoms with E-state index >= 15 is 0 Å². The summed E-state index contributed by atoms with van der Waals surface area (Å²) in [6.07, 6.45) is 0.118. The second-order valence-electron chi connectivity index (χ2n) is 4.58. The van der Waals surface area contributed by atoms with Gasteiger partial charge in [0.25, 0.3) is 5.91 Å². The largest absolute Gasteiger partial charge is 0.451 e. The van der Waals surface area contributed by atoms with Crippen molar-refractivity contribution >= 4 is 33.5 Å². The molecule has 1 heterocycles. The summed E-state index contributed by atoms with van der Waals surface area (Å²) in [5.74, 6) is -0.834. The Bertz CT molecular complexity index is 482. The maximum atomic E-state index is 11.9. The third kappa shape index (κ3) is 4.05. The van der Waals surface area contributed by atoms with E-state index in [0.717, 1.165) is 10.9 Å². The lowest BCUT2D eigenvalue weighted by Gasteiger charge is -2.15. The third-order valence-corrected chi connectivity index (χ3v) is 3.50. The van der Waals surface area contributed by atoms with Crippen LogP contribution < -0.4 is 5.32 Å². The van der Waals surface area contributed by atoms with Gasteiger partial charge in [-0.25, -0.2) is 4.79 Å². The van der Waals surface area contributed by atoms with Crippen LogP contribution in [0.2, 0.25) is 0 Å². The molecule has 1 aromatic carbocycles. The van der Waals surface area contributed by atoms with Crippen LogP contribution in [0.3, 0.4) is 0 Å². The van der Waals surface area contributed by atoms with Crippen LogP contribution in [0.1, 0.15) is 19.8 Å². The Morgan fingerprint density at radius 2 is 2.10 bits per heavy atom. The number of ether oxygens (including phenoxy) is 2. The van der Waals surface area contributed by atoms with E-state index in [2.05, 4.69) is 21.2 Å². The Morgan fingerprint density at radius 1 is 1.40 bits per heavy atom. The van der Waals surface area contributed by atoms with Crippen molar-refractivity contribution in [2.75, 3.05) is 11.9 Å². The summed E-state index contributed by atoms with van der Waals surface area (Å²) in [5.41, 5.74) is 0.651. The maximum absolute atomic E-state index is 11.9. The van der Waals surface area contributed by atoms with Gasteiger partial charge in [-0.05, 0) is 44.0 Å². The molecule has 1 saturated heterocycles. The quantitative estimate of drug-likeness (QED) is 0.854. The molecule has 0 spiro atoms.